The number of carbonyl (C=O) groups is 1. The lowest BCUT2D eigenvalue weighted by Gasteiger charge is -2.17. The van der Waals surface area contributed by atoms with Gasteiger partial charge in [0.15, 0.2) is 6.61 Å². The summed E-state index contributed by atoms with van der Waals surface area (Å²) in [5, 5.41) is 3.04. The minimum absolute atomic E-state index is 0.0401. The Morgan fingerprint density at radius 1 is 1.09 bits per heavy atom. The molecule has 0 fully saturated rings. The van der Waals surface area contributed by atoms with Crippen molar-refractivity contribution in [3.8, 4) is 5.75 Å². The summed E-state index contributed by atoms with van der Waals surface area (Å²) in [7, 11) is 0. The summed E-state index contributed by atoms with van der Waals surface area (Å²) >= 11 is 3.49. The number of halogens is 1. The maximum atomic E-state index is 12.6. The summed E-state index contributed by atoms with van der Waals surface area (Å²) in [4.78, 5) is 17.5. The van der Waals surface area contributed by atoms with E-state index in [4.69, 9.17) is 9.72 Å². The first kappa shape index (κ1) is 22.1. The van der Waals surface area contributed by atoms with Gasteiger partial charge in [-0.1, -0.05) is 52.3 Å². The number of aryl methyl sites for hydroxylation is 2. The molecule has 1 aromatic heterocycles. The van der Waals surface area contributed by atoms with Crippen LogP contribution in [0.25, 0.3) is 11.0 Å². The fourth-order valence-electron chi connectivity index (χ4n) is 3.72. The van der Waals surface area contributed by atoms with E-state index in [9.17, 15) is 4.79 Å². The fourth-order valence-corrected chi connectivity index (χ4v) is 3.98. The van der Waals surface area contributed by atoms with E-state index in [-0.39, 0.29) is 18.6 Å². The van der Waals surface area contributed by atoms with Crippen molar-refractivity contribution in [2.45, 2.75) is 33.4 Å². The molecule has 4 rings (SSSR count). The van der Waals surface area contributed by atoms with Crippen molar-refractivity contribution >= 4 is 32.9 Å². The van der Waals surface area contributed by atoms with Crippen LogP contribution in [0.3, 0.4) is 0 Å². The Kier molecular flexibility index (Phi) is 6.61. The molecule has 0 saturated carbocycles. The van der Waals surface area contributed by atoms with Gasteiger partial charge in [0.05, 0.1) is 17.1 Å². The Morgan fingerprint density at radius 2 is 1.84 bits per heavy atom. The van der Waals surface area contributed by atoms with Crippen molar-refractivity contribution in [3.63, 3.8) is 0 Å². The number of imidazole rings is 1. The second-order valence-corrected chi connectivity index (χ2v) is 8.93. The lowest BCUT2D eigenvalue weighted by molar-refractivity contribution is -0.123. The largest absolute Gasteiger partial charge is 0.483 e. The van der Waals surface area contributed by atoms with Crippen molar-refractivity contribution in [1.29, 1.82) is 0 Å². The second-order valence-electron chi connectivity index (χ2n) is 8.02. The quantitative estimate of drug-likeness (QED) is 0.359. The van der Waals surface area contributed by atoms with Gasteiger partial charge in [0.25, 0.3) is 5.91 Å². The van der Waals surface area contributed by atoms with Crippen molar-refractivity contribution in [3.05, 3.63) is 93.7 Å². The summed E-state index contributed by atoms with van der Waals surface area (Å²) in [6.45, 7) is 6.56. The van der Waals surface area contributed by atoms with Gasteiger partial charge < -0.3 is 14.6 Å². The molecule has 0 radical (unpaired) electrons. The maximum absolute atomic E-state index is 12.6. The molecule has 6 heteroatoms. The van der Waals surface area contributed by atoms with Crippen LogP contribution in [0.4, 0.5) is 0 Å². The highest BCUT2D eigenvalue weighted by Crippen LogP contribution is 2.23. The summed E-state index contributed by atoms with van der Waals surface area (Å²) in [5.74, 6) is 1.37. The number of aromatic nitrogens is 2. The van der Waals surface area contributed by atoms with Gasteiger partial charge in [0.2, 0.25) is 0 Å². The summed E-state index contributed by atoms with van der Waals surface area (Å²) in [6, 6.07) is 22.0. The number of hydrogen-bond donors (Lipinski definition) is 1. The minimum atomic E-state index is -0.271. The molecule has 0 saturated heterocycles. The number of carbonyl (C=O) groups excluding carboxylic acids is 1. The van der Waals surface area contributed by atoms with E-state index in [1.54, 1.807) is 0 Å². The van der Waals surface area contributed by atoms with E-state index in [0.29, 0.717) is 6.54 Å². The molecule has 0 bridgehead atoms. The zero-order chi connectivity index (χ0) is 22.7. The van der Waals surface area contributed by atoms with E-state index in [1.165, 1.54) is 0 Å². The summed E-state index contributed by atoms with van der Waals surface area (Å²) in [6.07, 6.45) is 0. The normalized spacial score (nSPS) is 12.0. The van der Waals surface area contributed by atoms with Crippen molar-refractivity contribution in [2.24, 2.45) is 0 Å². The number of fused-ring (bicyclic) bond motifs is 1. The van der Waals surface area contributed by atoms with Crippen LogP contribution < -0.4 is 10.1 Å². The first-order valence-electron chi connectivity index (χ1n) is 10.6. The highest BCUT2D eigenvalue weighted by atomic mass is 79.9. The van der Waals surface area contributed by atoms with Crippen LogP contribution in [-0.4, -0.2) is 22.1 Å². The molecule has 1 amide bonds. The zero-order valence-corrected chi connectivity index (χ0v) is 20.0. The highest BCUT2D eigenvalue weighted by molar-refractivity contribution is 9.10. The monoisotopic (exact) mass is 491 g/mol. The van der Waals surface area contributed by atoms with Gasteiger partial charge in [-0.05, 0) is 67.8 Å². The molecule has 4 aromatic rings. The van der Waals surface area contributed by atoms with Crippen LogP contribution in [0.1, 0.15) is 35.5 Å². The highest BCUT2D eigenvalue weighted by Gasteiger charge is 2.19. The number of ether oxygens (including phenoxy) is 1. The molecule has 5 nitrogen and oxygen atoms in total. The van der Waals surface area contributed by atoms with Crippen LogP contribution in [-0.2, 0) is 11.3 Å². The summed E-state index contributed by atoms with van der Waals surface area (Å²) in [5.41, 5.74) is 5.22. The third-order valence-electron chi connectivity index (χ3n) is 5.41. The lowest BCUT2D eigenvalue weighted by Crippen LogP contribution is -2.32. The number of para-hydroxylation sites is 2. The molecule has 0 aliphatic carbocycles. The number of amides is 1. The Bertz CT molecular complexity index is 1250. The smallest absolute Gasteiger partial charge is 0.258 e. The number of benzene rings is 3. The Hall–Kier alpha value is -3.12. The topological polar surface area (TPSA) is 56.1 Å². The Morgan fingerprint density at radius 3 is 2.62 bits per heavy atom. The molecule has 0 aliphatic rings. The van der Waals surface area contributed by atoms with Crippen LogP contribution in [0, 0.1) is 13.8 Å². The molecular formula is C26H26BrN3O2. The number of hydrogen-bond acceptors (Lipinski definition) is 3. The second kappa shape index (κ2) is 9.57. The SMILES string of the molecule is Cc1ccc(C)c(OCC(=O)NC(C)c2nc3ccccc3n2Cc2ccc(Br)cc2)c1. The van der Waals surface area contributed by atoms with E-state index in [2.05, 4.69) is 44.0 Å². The van der Waals surface area contributed by atoms with E-state index in [1.807, 2.05) is 69.3 Å². The van der Waals surface area contributed by atoms with Crippen molar-refractivity contribution in [1.82, 2.24) is 14.9 Å². The van der Waals surface area contributed by atoms with E-state index in [0.717, 1.165) is 43.8 Å². The summed E-state index contributed by atoms with van der Waals surface area (Å²) < 4.78 is 8.97. The third-order valence-corrected chi connectivity index (χ3v) is 5.93. The molecule has 1 atom stereocenters. The first-order chi connectivity index (χ1) is 15.4. The molecule has 1 N–H and O–H groups in total. The predicted octanol–water partition coefficient (Wildman–Crippen LogP) is 5.72. The number of rotatable bonds is 7. The van der Waals surface area contributed by atoms with E-state index < -0.39 is 0 Å². The molecule has 3 aromatic carbocycles. The molecule has 32 heavy (non-hydrogen) atoms. The fraction of sp³-hybridized carbons (Fsp3) is 0.231. The number of nitrogens with one attached hydrogen (secondary N) is 1. The van der Waals surface area contributed by atoms with Gasteiger partial charge in [0.1, 0.15) is 11.6 Å². The van der Waals surface area contributed by atoms with Crippen LogP contribution in [0.5, 0.6) is 5.75 Å². The van der Waals surface area contributed by atoms with Crippen molar-refractivity contribution in [2.75, 3.05) is 6.61 Å². The van der Waals surface area contributed by atoms with Gasteiger partial charge in [-0.15, -0.1) is 0 Å². The zero-order valence-electron chi connectivity index (χ0n) is 18.4. The Labute approximate surface area is 196 Å². The first-order valence-corrected chi connectivity index (χ1v) is 11.4. The van der Waals surface area contributed by atoms with Crippen molar-refractivity contribution < 1.29 is 9.53 Å². The van der Waals surface area contributed by atoms with Gasteiger partial charge in [-0.2, -0.15) is 0 Å². The predicted molar refractivity (Wildman–Crippen MR) is 131 cm³/mol. The third kappa shape index (κ3) is 5.02. The van der Waals surface area contributed by atoms with E-state index >= 15 is 0 Å². The number of nitrogens with zero attached hydrogens (tertiary/aromatic N) is 2. The van der Waals surface area contributed by atoms with Gasteiger partial charge >= 0.3 is 0 Å². The van der Waals surface area contributed by atoms with Gasteiger partial charge in [0, 0.05) is 11.0 Å². The van der Waals surface area contributed by atoms with Gasteiger partial charge in [-0.25, -0.2) is 4.98 Å². The average molecular weight is 492 g/mol. The van der Waals surface area contributed by atoms with Crippen LogP contribution >= 0.6 is 15.9 Å². The molecule has 0 aliphatic heterocycles. The minimum Gasteiger partial charge on any atom is -0.483 e. The molecule has 1 heterocycles. The molecule has 1 unspecified atom stereocenters. The Balaban J connectivity index is 1.52. The standard InChI is InChI=1S/C26H26BrN3O2/c1-17-8-9-18(2)24(14-17)32-16-25(31)28-19(3)26-29-22-6-4-5-7-23(22)30(26)15-20-10-12-21(27)13-11-20/h4-14,19H,15-16H2,1-3H3,(H,28,31). The van der Waals surface area contributed by atoms with Crippen LogP contribution in [0.2, 0.25) is 0 Å². The lowest BCUT2D eigenvalue weighted by atomic mass is 10.1. The molecular weight excluding hydrogens is 466 g/mol. The van der Waals surface area contributed by atoms with Gasteiger partial charge in [-0.3, -0.25) is 4.79 Å². The molecule has 164 valence electrons. The van der Waals surface area contributed by atoms with Crippen LogP contribution in [0.15, 0.2) is 71.2 Å². The maximum Gasteiger partial charge on any atom is 0.258 e. The average Bonchev–Trinajstić information content (AvgIpc) is 3.14. The molecule has 0 spiro atoms.